The predicted octanol–water partition coefficient (Wildman–Crippen LogP) is 5.49. The van der Waals surface area contributed by atoms with Crippen molar-refractivity contribution >= 4 is 16.5 Å². The average Bonchev–Trinajstić information content (AvgIpc) is 2.80. The number of hydrogen-bond donors (Lipinski definition) is 2. The number of rotatable bonds is 2. The smallest absolute Gasteiger partial charge is 0.224 e. The number of phenolic OH excluding ortho intramolecular Hbond substituents is 1. The van der Waals surface area contributed by atoms with E-state index in [1.54, 1.807) is 13.0 Å². The Balaban J connectivity index is 2.07. The molecule has 6 heteroatoms. The zero-order valence-corrected chi connectivity index (χ0v) is 17.4. The first-order valence-corrected chi connectivity index (χ1v) is 9.99. The fourth-order valence-electron chi connectivity index (χ4n) is 4.05. The highest BCUT2D eigenvalue weighted by molar-refractivity contribution is 6.00. The second-order valence-electron chi connectivity index (χ2n) is 7.79. The summed E-state index contributed by atoms with van der Waals surface area (Å²) in [6.07, 6.45) is 0.191. The van der Waals surface area contributed by atoms with Gasteiger partial charge in [-0.3, -0.25) is 0 Å². The Morgan fingerprint density at radius 1 is 1.23 bits per heavy atom. The van der Waals surface area contributed by atoms with Crippen molar-refractivity contribution in [3.05, 3.63) is 59.2 Å². The van der Waals surface area contributed by atoms with Crippen LogP contribution in [0.15, 0.2) is 30.8 Å². The largest absolute Gasteiger partial charge is 0.508 e. The van der Waals surface area contributed by atoms with Crippen molar-refractivity contribution in [3.8, 4) is 22.9 Å². The predicted molar refractivity (Wildman–Crippen MR) is 115 cm³/mol. The molecule has 0 aliphatic carbocycles. The van der Waals surface area contributed by atoms with Crippen molar-refractivity contribution < 1.29 is 18.6 Å². The monoisotopic (exact) mass is 410 g/mol. The molecule has 0 spiro atoms. The highest BCUT2D eigenvalue weighted by Gasteiger charge is 2.29. The molecule has 4 rings (SSSR count). The number of halogens is 2. The molecule has 4 nitrogen and oxygen atoms in total. The standard InChI is InChI=1S/C24H24F2N2O2/c1-6-17-19(25)8-7-15-9-16(29)10-18(21(15)17)23-22(26)11(2)20-13(4)27-12(3)14(5)30-24(20)28-23/h7-10,12,14,27,29H,4,6H2,1-3,5H3/t12-,14?/m0/s1. The average molecular weight is 410 g/mol. The molecule has 2 heterocycles. The van der Waals surface area contributed by atoms with Crippen molar-refractivity contribution in [2.24, 2.45) is 0 Å². The minimum absolute atomic E-state index is 0.0157. The highest BCUT2D eigenvalue weighted by atomic mass is 19.1. The van der Waals surface area contributed by atoms with Gasteiger partial charge in [0.2, 0.25) is 5.88 Å². The maximum Gasteiger partial charge on any atom is 0.224 e. The molecule has 1 unspecified atom stereocenters. The number of hydrogen-bond acceptors (Lipinski definition) is 4. The van der Waals surface area contributed by atoms with E-state index in [1.807, 2.05) is 20.8 Å². The highest BCUT2D eigenvalue weighted by Crippen LogP contribution is 2.40. The molecule has 0 amide bonds. The number of aryl methyl sites for hydroxylation is 1. The summed E-state index contributed by atoms with van der Waals surface area (Å²) in [6.45, 7) is 11.3. The molecule has 0 radical (unpaired) electrons. The Bertz CT molecular complexity index is 1190. The SMILES string of the molecule is C=C1N[C@@H](C)C(C)Oc2nc(-c3cc(O)cc4ccc(F)c(CC)c34)c(F)c(C)c21. The van der Waals surface area contributed by atoms with E-state index in [9.17, 15) is 9.50 Å². The number of fused-ring (bicyclic) bond motifs is 2. The van der Waals surface area contributed by atoms with E-state index in [0.29, 0.717) is 45.1 Å². The van der Waals surface area contributed by atoms with Gasteiger partial charge >= 0.3 is 0 Å². The van der Waals surface area contributed by atoms with Gasteiger partial charge in [0.15, 0.2) is 5.82 Å². The summed E-state index contributed by atoms with van der Waals surface area (Å²) in [4.78, 5) is 4.50. The summed E-state index contributed by atoms with van der Waals surface area (Å²) in [6, 6.07) is 5.86. The molecule has 3 aromatic rings. The Morgan fingerprint density at radius 2 is 1.97 bits per heavy atom. The Kier molecular flexibility index (Phi) is 4.88. The number of pyridine rings is 1. The summed E-state index contributed by atoms with van der Waals surface area (Å²) < 4.78 is 36.2. The van der Waals surface area contributed by atoms with Gasteiger partial charge in [-0.1, -0.05) is 19.6 Å². The second-order valence-corrected chi connectivity index (χ2v) is 7.79. The third kappa shape index (κ3) is 3.07. The van der Waals surface area contributed by atoms with Gasteiger partial charge in [0.05, 0.1) is 11.6 Å². The first-order valence-electron chi connectivity index (χ1n) is 9.99. The number of aromatic nitrogens is 1. The zero-order valence-electron chi connectivity index (χ0n) is 17.4. The summed E-state index contributed by atoms with van der Waals surface area (Å²) in [5.41, 5.74) is 2.15. The number of phenols is 1. The van der Waals surface area contributed by atoms with E-state index in [2.05, 4.69) is 16.9 Å². The van der Waals surface area contributed by atoms with Crippen LogP contribution in [-0.2, 0) is 6.42 Å². The number of benzene rings is 2. The lowest BCUT2D eigenvalue weighted by Gasteiger charge is -2.19. The lowest BCUT2D eigenvalue weighted by molar-refractivity contribution is 0.184. The molecule has 0 bridgehead atoms. The van der Waals surface area contributed by atoms with E-state index in [4.69, 9.17) is 4.74 Å². The molecule has 0 saturated heterocycles. The van der Waals surface area contributed by atoms with Crippen LogP contribution in [0, 0.1) is 18.6 Å². The van der Waals surface area contributed by atoms with Crippen molar-refractivity contribution in [2.45, 2.75) is 46.3 Å². The van der Waals surface area contributed by atoms with E-state index >= 15 is 4.39 Å². The van der Waals surface area contributed by atoms with Crippen LogP contribution in [0.4, 0.5) is 8.78 Å². The Hall–Kier alpha value is -3.15. The fraction of sp³-hybridized carbons (Fsp3) is 0.292. The van der Waals surface area contributed by atoms with Crippen molar-refractivity contribution in [1.82, 2.24) is 10.3 Å². The number of aromatic hydroxyl groups is 1. The van der Waals surface area contributed by atoms with Gasteiger partial charge in [-0.25, -0.2) is 13.8 Å². The van der Waals surface area contributed by atoms with Gasteiger partial charge in [0.1, 0.15) is 23.4 Å². The van der Waals surface area contributed by atoms with Crippen LogP contribution < -0.4 is 10.1 Å². The lowest BCUT2D eigenvalue weighted by Crippen LogP contribution is -2.35. The van der Waals surface area contributed by atoms with Crippen molar-refractivity contribution in [2.75, 3.05) is 0 Å². The van der Waals surface area contributed by atoms with Crippen LogP contribution in [0.3, 0.4) is 0 Å². The van der Waals surface area contributed by atoms with Gasteiger partial charge in [-0.05, 0) is 61.7 Å². The van der Waals surface area contributed by atoms with E-state index in [1.165, 1.54) is 18.2 Å². The van der Waals surface area contributed by atoms with E-state index in [-0.39, 0.29) is 35.3 Å². The first kappa shape index (κ1) is 20.1. The molecular weight excluding hydrogens is 386 g/mol. The lowest BCUT2D eigenvalue weighted by atomic mass is 9.93. The van der Waals surface area contributed by atoms with Crippen LogP contribution in [-0.4, -0.2) is 22.2 Å². The molecule has 1 aliphatic heterocycles. The Morgan fingerprint density at radius 3 is 2.67 bits per heavy atom. The summed E-state index contributed by atoms with van der Waals surface area (Å²) >= 11 is 0. The third-order valence-corrected chi connectivity index (χ3v) is 5.81. The maximum atomic E-state index is 15.6. The summed E-state index contributed by atoms with van der Waals surface area (Å²) in [7, 11) is 0. The van der Waals surface area contributed by atoms with E-state index in [0.717, 1.165) is 0 Å². The molecular formula is C24H24F2N2O2. The molecule has 2 aromatic carbocycles. The number of nitrogens with zero attached hydrogens (tertiary/aromatic N) is 1. The molecule has 156 valence electrons. The van der Waals surface area contributed by atoms with Crippen molar-refractivity contribution in [3.63, 3.8) is 0 Å². The fourth-order valence-corrected chi connectivity index (χ4v) is 4.05. The number of nitrogens with one attached hydrogen (secondary N) is 1. The minimum atomic E-state index is -0.555. The molecule has 0 saturated carbocycles. The van der Waals surface area contributed by atoms with Gasteiger partial charge < -0.3 is 15.2 Å². The molecule has 1 aromatic heterocycles. The van der Waals surface area contributed by atoms with Crippen LogP contribution >= 0.6 is 0 Å². The van der Waals surface area contributed by atoms with Gasteiger partial charge in [0.25, 0.3) is 0 Å². The van der Waals surface area contributed by atoms with Crippen molar-refractivity contribution in [1.29, 1.82) is 0 Å². The minimum Gasteiger partial charge on any atom is -0.508 e. The van der Waals surface area contributed by atoms with Crippen LogP contribution in [0.2, 0.25) is 0 Å². The topological polar surface area (TPSA) is 54.4 Å². The van der Waals surface area contributed by atoms with Crippen LogP contribution in [0.1, 0.15) is 37.5 Å². The van der Waals surface area contributed by atoms with Gasteiger partial charge in [-0.2, -0.15) is 0 Å². The number of ether oxygens (including phenoxy) is 1. The Labute approximate surface area is 174 Å². The maximum absolute atomic E-state index is 15.6. The molecule has 2 N–H and O–H groups in total. The second kappa shape index (κ2) is 7.27. The first-order chi connectivity index (χ1) is 14.2. The van der Waals surface area contributed by atoms with Crippen LogP contribution in [0.5, 0.6) is 11.6 Å². The quantitative estimate of drug-likeness (QED) is 0.587. The molecule has 1 aliphatic rings. The molecule has 30 heavy (non-hydrogen) atoms. The summed E-state index contributed by atoms with van der Waals surface area (Å²) in [5.74, 6) is -0.709. The zero-order chi connectivity index (χ0) is 21.7. The molecule has 0 fully saturated rings. The molecule has 2 atom stereocenters. The van der Waals surface area contributed by atoms with Gasteiger partial charge in [0, 0.05) is 16.8 Å². The summed E-state index contributed by atoms with van der Waals surface area (Å²) in [5, 5.41) is 14.6. The van der Waals surface area contributed by atoms with Gasteiger partial charge in [-0.15, -0.1) is 0 Å². The van der Waals surface area contributed by atoms with Crippen LogP contribution in [0.25, 0.3) is 27.7 Å². The van der Waals surface area contributed by atoms with E-state index < -0.39 is 5.82 Å². The third-order valence-electron chi connectivity index (χ3n) is 5.81. The normalized spacial score (nSPS) is 18.5.